The molecule has 12 heavy (non-hydrogen) atoms. The van der Waals surface area contributed by atoms with E-state index in [9.17, 15) is 4.79 Å². The van der Waals surface area contributed by atoms with Crippen LogP contribution in [0.25, 0.3) is 0 Å². The Labute approximate surface area is 72.2 Å². The van der Waals surface area contributed by atoms with Crippen molar-refractivity contribution in [1.82, 2.24) is 5.32 Å². The molecular formula is C9H15NO2. The zero-order valence-electron chi connectivity index (χ0n) is 7.18. The summed E-state index contributed by atoms with van der Waals surface area (Å²) in [6.45, 7) is 1.60. The average molecular weight is 169 g/mol. The molecule has 2 aliphatic rings. The minimum Gasteiger partial charge on any atom is -0.481 e. The third kappa shape index (κ3) is 0.959. The summed E-state index contributed by atoms with van der Waals surface area (Å²) in [6, 6.07) is 0. The van der Waals surface area contributed by atoms with E-state index < -0.39 is 11.4 Å². The molecule has 0 radical (unpaired) electrons. The molecule has 1 aliphatic heterocycles. The van der Waals surface area contributed by atoms with E-state index in [0.717, 1.165) is 25.8 Å². The normalized spacial score (nSPS) is 40.8. The van der Waals surface area contributed by atoms with E-state index in [1.807, 2.05) is 0 Å². The smallest absolute Gasteiger partial charge is 0.311 e. The Morgan fingerprint density at radius 3 is 3.00 bits per heavy atom. The van der Waals surface area contributed by atoms with Crippen LogP contribution in [0, 0.1) is 11.3 Å². The summed E-state index contributed by atoms with van der Waals surface area (Å²) in [5.74, 6) is -0.194. The van der Waals surface area contributed by atoms with Gasteiger partial charge >= 0.3 is 5.97 Å². The molecule has 2 fully saturated rings. The molecule has 2 atom stereocenters. The van der Waals surface area contributed by atoms with Gasteiger partial charge in [0.25, 0.3) is 0 Å². The molecule has 2 N–H and O–H groups in total. The Morgan fingerprint density at radius 1 is 1.50 bits per heavy atom. The highest BCUT2D eigenvalue weighted by Crippen LogP contribution is 2.43. The minimum atomic E-state index is -0.586. The van der Waals surface area contributed by atoms with E-state index in [1.54, 1.807) is 0 Å². The van der Waals surface area contributed by atoms with E-state index in [1.165, 1.54) is 6.42 Å². The number of carboxylic acid groups (broad SMARTS) is 1. The maximum atomic E-state index is 11.1. The van der Waals surface area contributed by atoms with Crippen LogP contribution in [0.3, 0.4) is 0 Å². The summed E-state index contributed by atoms with van der Waals surface area (Å²) in [5, 5.41) is 12.4. The summed E-state index contributed by atoms with van der Waals surface area (Å²) in [6.07, 6.45) is 4.27. The maximum Gasteiger partial charge on any atom is 0.311 e. The standard InChI is InChI=1S/C9H15NO2/c11-8(12)9-4-2-1-3-7(9)5-10-6-9/h7,10H,1-6H2,(H,11,12)/t7-,9+/m0/s1. The van der Waals surface area contributed by atoms with Crippen LogP contribution in [0.2, 0.25) is 0 Å². The van der Waals surface area contributed by atoms with Gasteiger partial charge in [0, 0.05) is 6.54 Å². The van der Waals surface area contributed by atoms with Gasteiger partial charge in [0.2, 0.25) is 0 Å². The molecule has 0 aromatic carbocycles. The van der Waals surface area contributed by atoms with E-state index >= 15 is 0 Å². The Kier molecular flexibility index (Phi) is 1.83. The Morgan fingerprint density at radius 2 is 2.33 bits per heavy atom. The highest BCUT2D eigenvalue weighted by atomic mass is 16.4. The van der Waals surface area contributed by atoms with Crippen molar-refractivity contribution in [3.05, 3.63) is 0 Å². The molecule has 1 saturated heterocycles. The molecule has 0 spiro atoms. The third-order valence-corrected chi connectivity index (χ3v) is 3.46. The first-order valence-corrected chi connectivity index (χ1v) is 4.70. The number of rotatable bonds is 1. The van der Waals surface area contributed by atoms with Crippen molar-refractivity contribution in [3.8, 4) is 0 Å². The topological polar surface area (TPSA) is 49.3 Å². The van der Waals surface area contributed by atoms with Gasteiger partial charge in [-0.3, -0.25) is 4.79 Å². The van der Waals surface area contributed by atoms with Crippen molar-refractivity contribution in [2.45, 2.75) is 25.7 Å². The predicted molar refractivity (Wildman–Crippen MR) is 44.9 cm³/mol. The predicted octanol–water partition coefficient (Wildman–Crippen LogP) is 0.851. The summed E-state index contributed by atoms with van der Waals surface area (Å²) in [5.41, 5.74) is -0.405. The van der Waals surface area contributed by atoms with Crippen molar-refractivity contribution in [1.29, 1.82) is 0 Å². The van der Waals surface area contributed by atoms with E-state index in [4.69, 9.17) is 5.11 Å². The summed E-state index contributed by atoms with van der Waals surface area (Å²) in [4.78, 5) is 11.1. The summed E-state index contributed by atoms with van der Waals surface area (Å²) in [7, 11) is 0. The van der Waals surface area contributed by atoms with Crippen LogP contribution in [0.1, 0.15) is 25.7 Å². The zero-order chi connectivity index (χ0) is 8.60. The minimum absolute atomic E-state index is 0.392. The van der Waals surface area contributed by atoms with Crippen LogP contribution in [-0.2, 0) is 4.79 Å². The van der Waals surface area contributed by atoms with Crippen LogP contribution in [0.15, 0.2) is 0 Å². The number of nitrogens with one attached hydrogen (secondary N) is 1. The maximum absolute atomic E-state index is 11.1. The molecule has 0 aromatic heterocycles. The average Bonchev–Trinajstić information content (AvgIpc) is 2.48. The molecule has 1 saturated carbocycles. The van der Waals surface area contributed by atoms with E-state index in [2.05, 4.69) is 5.32 Å². The first-order chi connectivity index (χ1) is 5.76. The molecule has 0 unspecified atom stereocenters. The largest absolute Gasteiger partial charge is 0.481 e. The van der Waals surface area contributed by atoms with Gasteiger partial charge in [0.1, 0.15) is 0 Å². The molecular weight excluding hydrogens is 154 g/mol. The van der Waals surface area contributed by atoms with Gasteiger partial charge in [0.15, 0.2) is 0 Å². The SMILES string of the molecule is O=C(O)[C@@]12CCCC[C@H]1CNC2. The highest BCUT2D eigenvalue weighted by molar-refractivity contribution is 5.76. The fraction of sp³-hybridized carbons (Fsp3) is 0.889. The van der Waals surface area contributed by atoms with Crippen molar-refractivity contribution < 1.29 is 9.90 Å². The molecule has 3 heteroatoms. The summed E-state index contributed by atoms with van der Waals surface area (Å²) >= 11 is 0. The van der Waals surface area contributed by atoms with E-state index in [-0.39, 0.29) is 0 Å². The fourth-order valence-corrected chi connectivity index (χ4v) is 2.67. The second-order valence-corrected chi connectivity index (χ2v) is 4.03. The Bertz CT molecular complexity index is 205. The molecule has 1 heterocycles. The second kappa shape index (κ2) is 2.73. The monoisotopic (exact) mass is 169 g/mol. The van der Waals surface area contributed by atoms with Gasteiger partial charge in [-0.2, -0.15) is 0 Å². The molecule has 68 valence electrons. The van der Waals surface area contributed by atoms with Crippen molar-refractivity contribution in [2.24, 2.45) is 11.3 Å². The Hall–Kier alpha value is -0.570. The fourth-order valence-electron chi connectivity index (χ4n) is 2.67. The quantitative estimate of drug-likeness (QED) is 0.612. The number of hydrogen-bond donors (Lipinski definition) is 2. The van der Waals surface area contributed by atoms with Crippen molar-refractivity contribution in [2.75, 3.05) is 13.1 Å². The summed E-state index contributed by atoms with van der Waals surface area (Å²) < 4.78 is 0. The second-order valence-electron chi connectivity index (χ2n) is 4.03. The Balaban J connectivity index is 2.23. The number of fused-ring (bicyclic) bond motifs is 1. The van der Waals surface area contributed by atoms with Gasteiger partial charge in [0.05, 0.1) is 5.41 Å². The van der Waals surface area contributed by atoms with Crippen molar-refractivity contribution in [3.63, 3.8) is 0 Å². The first-order valence-electron chi connectivity index (χ1n) is 4.70. The first kappa shape index (κ1) is 8.05. The lowest BCUT2D eigenvalue weighted by molar-refractivity contribution is -0.152. The van der Waals surface area contributed by atoms with Crippen LogP contribution < -0.4 is 5.32 Å². The molecule has 1 aliphatic carbocycles. The highest BCUT2D eigenvalue weighted by Gasteiger charge is 2.49. The van der Waals surface area contributed by atoms with Gasteiger partial charge in [-0.15, -0.1) is 0 Å². The lowest BCUT2D eigenvalue weighted by Gasteiger charge is -2.34. The number of hydrogen-bond acceptors (Lipinski definition) is 2. The van der Waals surface area contributed by atoms with Gasteiger partial charge < -0.3 is 10.4 Å². The molecule has 0 amide bonds. The lowest BCUT2D eigenvalue weighted by Crippen LogP contribution is -2.40. The van der Waals surface area contributed by atoms with Crippen molar-refractivity contribution >= 4 is 5.97 Å². The number of carboxylic acids is 1. The molecule has 0 bridgehead atoms. The van der Waals surface area contributed by atoms with Gasteiger partial charge in [-0.25, -0.2) is 0 Å². The van der Waals surface area contributed by atoms with Crippen LogP contribution in [0.4, 0.5) is 0 Å². The number of carbonyl (C=O) groups is 1. The third-order valence-electron chi connectivity index (χ3n) is 3.46. The van der Waals surface area contributed by atoms with Crippen LogP contribution in [-0.4, -0.2) is 24.2 Å². The van der Waals surface area contributed by atoms with Crippen LogP contribution >= 0.6 is 0 Å². The van der Waals surface area contributed by atoms with Gasteiger partial charge in [-0.05, 0) is 25.3 Å². The van der Waals surface area contributed by atoms with Crippen LogP contribution in [0.5, 0.6) is 0 Å². The molecule has 2 rings (SSSR count). The van der Waals surface area contributed by atoms with Gasteiger partial charge in [-0.1, -0.05) is 12.8 Å². The van der Waals surface area contributed by atoms with E-state index in [0.29, 0.717) is 12.5 Å². The zero-order valence-corrected chi connectivity index (χ0v) is 7.18. The molecule has 3 nitrogen and oxygen atoms in total. The lowest BCUT2D eigenvalue weighted by atomic mass is 9.68. The number of aliphatic carboxylic acids is 1. The molecule has 0 aromatic rings.